The molecule has 35 heavy (non-hydrogen) atoms. The van der Waals surface area contributed by atoms with Crippen molar-refractivity contribution >= 4 is 17.5 Å². The van der Waals surface area contributed by atoms with Crippen LogP contribution >= 0.6 is 0 Å². The van der Waals surface area contributed by atoms with Gasteiger partial charge >= 0.3 is 6.18 Å². The van der Waals surface area contributed by atoms with Crippen molar-refractivity contribution in [2.24, 2.45) is 5.41 Å². The molecular formula is C26H31F3N4O2. The quantitative estimate of drug-likeness (QED) is 0.650. The Balaban J connectivity index is 1.27. The van der Waals surface area contributed by atoms with E-state index in [-0.39, 0.29) is 38.4 Å². The standard InChI is InChI=1S/C26H31F3N4O2/c27-26(28,29)25(12-14-31(20-25)19-21-7-3-1-4-8-21)24(35)30-13-11-23(34)33-17-15-32(16-18-33)22-9-5-2-6-10-22/h1-10H,11-20H2,(H,30,35). The van der Waals surface area contributed by atoms with Crippen molar-refractivity contribution in [3.63, 3.8) is 0 Å². The van der Waals surface area contributed by atoms with Crippen LogP contribution in [0.4, 0.5) is 18.9 Å². The summed E-state index contributed by atoms with van der Waals surface area (Å²) < 4.78 is 42.2. The first-order valence-corrected chi connectivity index (χ1v) is 12.0. The Kier molecular flexibility index (Phi) is 7.64. The highest BCUT2D eigenvalue weighted by Gasteiger charge is 2.62. The largest absolute Gasteiger partial charge is 0.404 e. The van der Waals surface area contributed by atoms with Gasteiger partial charge in [0.05, 0.1) is 0 Å². The third-order valence-corrected chi connectivity index (χ3v) is 6.95. The minimum atomic E-state index is -4.67. The molecule has 2 aliphatic rings. The minimum Gasteiger partial charge on any atom is -0.368 e. The summed E-state index contributed by atoms with van der Waals surface area (Å²) in [4.78, 5) is 31.0. The second-order valence-electron chi connectivity index (χ2n) is 9.24. The zero-order valence-electron chi connectivity index (χ0n) is 19.6. The van der Waals surface area contributed by atoms with Crippen LogP contribution in [0, 0.1) is 5.41 Å². The lowest BCUT2D eigenvalue weighted by atomic mass is 9.85. The monoisotopic (exact) mass is 488 g/mol. The number of halogens is 3. The summed E-state index contributed by atoms with van der Waals surface area (Å²) in [5, 5.41) is 2.42. The molecule has 2 fully saturated rings. The fourth-order valence-corrected chi connectivity index (χ4v) is 4.87. The number of hydrogen-bond acceptors (Lipinski definition) is 4. The van der Waals surface area contributed by atoms with Crippen molar-refractivity contribution < 1.29 is 22.8 Å². The van der Waals surface area contributed by atoms with Crippen LogP contribution in [-0.2, 0) is 16.1 Å². The Morgan fingerprint density at radius 2 is 1.51 bits per heavy atom. The van der Waals surface area contributed by atoms with Gasteiger partial charge in [-0.25, -0.2) is 0 Å². The number of nitrogens with one attached hydrogen (secondary N) is 1. The minimum absolute atomic E-state index is 0.0151. The lowest BCUT2D eigenvalue weighted by Gasteiger charge is -2.36. The molecule has 2 heterocycles. The zero-order chi connectivity index (χ0) is 24.9. The molecule has 1 N–H and O–H groups in total. The Morgan fingerprint density at radius 1 is 0.886 bits per heavy atom. The van der Waals surface area contributed by atoms with Gasteiger partial charge in [-0.05, 0) is 30.7 Å². The molecule has 9 heteroatoms. The molecule has 0 saturated carbocycles. The number of rotatable bonds is 7. The molecule has 2 amide bonds. The van der Waals surface area contributed by atoms with E-state index in [9.17, 15) is 22.8 Å². The van der Waals surface area contributed by atoms with Gasteiger partial charge in [-0.2, -0.15) is 13.2 Å². The fourth-order valence-electron chi connectivity index (χ4n) is 4.87. The third kappa shape index (κ3) is 5.78. The molecule has 2 aromatic carbocycles. The Hall–Kier alpha value is -3.07. The highest BCUT2D eigenvalue weighted by Crippen LogP contribution is 2.46. The number of nitrogens with zero attached hydrogens (tertiary/aromatic N) is 3. The van der Waals surface area contributed by atoms with Gasteiger partial charge in [0.2, 0.25) is 11.8 Å². The molecule has 0 radical (unpaired) electrons. The van der Waals surface area contributed by atoms with Crippen LogP contribution in [0.3, 0.4) is 0 Å². The highest BCUT2D eigenvalue weighted by molar-refractivity contribution is 5.85. The van der Waals surface area contributed by atoms with Crippen molar-refractivity contribution in [3.8, 4) is 0 Å². The van der Waals surface area contributed by atoms with Gasteiger partial charge in [-0.1, -0.05) is 48.5 Å². The summed E-state index contributed by atoms with van der Waals surface area (Å²) >= 11 is 0. The van der Waals surface area contributed by atoms with Crippen molar-refractivity contribution in [3.05, 3.63) is 66.2 Å². The van der Waals surface area contributed by atoms with Gasteiger partial charge in [0.1, 0.15) is 0 Å². The number of amides is 2. The first-order chi connectivity index (χ1) is 16.8. The molecule has 0 aromatic heterocycles. The van der Waals surface area contributed by atoms with Crippen LogP contribution in [0.25, 0.3) is 0 Å². The van der Waals surface area contributed by atoms with E-state index in [1.807, 2.05) is 60.7 Å². The first-order valence-electron chi connectivity index (χ1n) is 12.0. The van der Waals surface area contributed by atoms with E-state index in [1.54, 1.807) is 9.80 Å². The fraction of sp³-hybridized carbons (Fsp3) is 0.462. The Labute approximate surface area is 203 Å². The van der Waals surface area contributed by atoms with Gasteiger partial charge in [0, 0.05) is 57.9 Å². The average Bonchev–Trinajstić information content (AvgIpc) is 3.30. The van der Waals surface area contributed by atoms with E-state index >= 15 is 0 Å². The Bertz CT molecular complexity index is 995. The van der Waals surface area contributed by atoms with E-state index in [0.717, 1.165) is 11.3 Å². The molecule has 0 aliphatic carbocycles. The smallest absolute Gasteiger partial charge is 0.368 e. The molecule has 2 saturated heterocycles. The summed E-state index contributed by atoms with van der Waals surface area (Å²) in [5.74, 6) is -1.20. The molecule has 2 aliphatic heterocycles. The van der Waals surface area contributed by atoms with Gasteiger partial charge < -0.3 is 15.1 Å². The van der Waals surface area contributed by atoms with E-state index in [2.05, 4.69) is 10.2 Å². The highest BCUT2D eigenvalue weighted by atomic mass is 19.4. The lowest BCUT2D eigenvalue weighted by Crippen LogP contribution is -2.53. The molecule has 1 unspecified atom stereocenters. The summed E-state index contributed by atoms with van der Waals surface area (Å²) in [7, 11) is 0. The molecular weight excluding hydrogens is 457 g/mol. The van der Waals surface area contributed by atoms with Crippen molar-refractivity contribution in [1.29, 1.82) is 0 Å². The van der Waals surface area contributed by atoms with Crippen LogP contribution < -0.4 is 10.2 Å². The average molecular weight is 489 g/mol. The van der Waals surface area contributed by atoms with Gasteiger partial charge in [0.15, 0.2) is 5.41 Å². The number of carbonyl (C=O) groups excluding carboxylic acids is 2. The molecule has 0 bridgehead atoms. The predicted octanol–water partition coefficient (Wildman–Crippen LogP) is 3.30. The number of para-hydroxylation sites is 1. The summed E-state index contributed by atoms with van der Waals surface area (Å²) in [5.41, 5.74) is -0.447. The van der Waals surface area contributed by atoms with Gasteiger partial charge in [0.25, 0.3) is 0 Å². The zero-order valence-corrected chi connectivity index (χ0v) is 19.6. The normalized spacial score (nSPS) is 21.2. The van der Waals surface area contributed by atoms with E-state index < -0.39 is 17.5 Å². The lowest BCUT2D eigenvalue weighted by molar-refractivity contribution is -0.218. The van der Waals surface area contributed by atoms with Crippen LogP contribution in [0.2, 0.25) is 0 Å². The third-order valence-electron chi connectivity index (χ3n) is 6.95. The number of carbonyl (C=O) groups is 2. The van der Waals surface area contributed by atoms with Crippen molar-refractivity contribution in [1.82, 2.24) is 15.1 Å². The summed E-state index contributed by atoms with van der Waals surface area (Å²) in [6.45, 7) is 2.53. The molecule has 0 spiro atoms. The first kappa shape index (κ1) is 25.0. The molecule has 1 atom stereocenters. The number of alkyl halides is 3. The van der Waals surface area contributed by atoms with E-state index in [0.29, 0.717) is 32.7 Å². The van der Waals surface area contributed by atoms with Crippen LogP contribution in [0.15, 0.2) is 60.7 Å². The summed E-state index contributed by atoms with van der Waals surface area (Å²) in [6, 6.07) is 19.2. The number of likely N-dealkylation sites (tertiary alicyclic amines) is 1. The Morgan fingerprint density at radius 3 is 2.14 bits per heavy atom. The molecule has 6 nitrogen and oxygen atoms in total. The van der Waals surface area contributed by atoms with Crippen molar-refractivity contribution in [2.75, 3.05) is 50.7 Å². The maximum absolute atomic E-state index is 14.1. The molecule has 2 aromatic rings. The summed E-state index contributed by atoms with van der Waals surface area (Å²) in [6.07, 6.45) is -4.97. The van der Waals surface area contributed by atoms with Crippen LogP contribution in [-0.4, -0.2) is 73.6 Å². The van der Waals surface area contributed by atoms with Gasteiger partial charge in [-0.15, -0.1) is 0 Å². The maximum atomic E-state index is 14.1. The molecule has 188 valence electrons. The van der Waals surface area contributed by atoms with Crippen molar-refractivity contribution in [2.45, 2.75) is 25.6 Å². The van der Waals surface area contributed by atoms with E-state index in [4.69, 9.17) is 0 Å². The maximum Gasteiger partial charge on any atom is 0.404 e. The van der Waals surface area contributed by atoms with Crippen LogP contribution in [0.1, 0.15) is 18.4 Å². The molecule has 4 rings (SSSR count). The predicted molar refractivity (Wildman–Crippen MR) is 128 cm³/mol. The second-order valence-corrected chi connectivity index (χ2v) is 9.24. The van der Waals surface area contributed by atoms with Gasteiger partial charge in [-0.3, -0.25) is 14.5 Å². The van der Waals surface area contributed by atoms with E-state index in [1.165, 1.54) is 0 Å². The topological polar surface area (TPSA) is 55.9 Å². The van der Waals surface area contributed by atoms with Crippen LogP contribution in [0.5, 0.6) is 0 Å². The number of piperazine rings is 1. The number of benzene rings is 2. The second kappa shape index (κ2) is 10.7. The number of hydrogen-bond donors (Lipinski definition) is 1. The number of anilines is 1. The SMILES string of the molecule is O=C(CCNC(=O)C1(C(F)(F)F)CCN(Cc2ccccc2)C1)N1CCN(c2ccccc2)CC1.